The number of rotatable bonds is 3. The highest BCUT2D eigenvalue weighted by Crippen LogP contribution is 2.24. The van der Waals surface area contributed by atoms with Gasteiger partial charge >= 0.3 is 0 Å². The van der Waals surface area contributed by atoms with Crippen molar-refractivity contribution in [3.63, 3.8) is 0 Å². The number of aromatic nitrogens is 3. The van der Waals surface area contributed by atoms with Crippen LogP contribution >= 0.6 is 22.7 Å². The van der Waals surface area contributed by atoms with Gasteiger partial charge in [0.1, 0.15) is 0 Å². The summed E-state index contributed by atoms with van der Waals surface area (Å²) in [5.74, 6) is -0.252. The minimum atomic E-state index is -0.252. The van der Waals surface area contributed by atoms with Crippen LogP contribution in [0.5, 0.6) is 0 Å². The fourth-order valence-corrected chi connectivity index (χ4v) is 3.19. The van der Waals surface area contributed by atoms with Crippen LogP contribution < -0.4 is 5.32 Å². The van der Waals surface area contributed by atoms with Gasteiger partial charge in [-0.3, -0.25) is 15.2 Å². The third-order valence-corrected chi connectivity index (χ3v) is 4.74. The van der Waals surface area contributed by atoms with Crippen LogP contribution in [0.25, 0.3) is 10.6 Å². The van der Waals surface area contributed by atoms with Crippen LogP contribution in [0.15, 0.2) is 23.6 Å². The fraction of sp³-hybridized carbons (Fsp3) is 0.154. The lowest BCUT2D eigenvalue weighted by atomic mass is 10.3. The average molecular weight is 304 g/mol. The molecule has 0 atom stereocenters. The smallest absolute Gasteiger partial charge is 0.277 e. The first-order valence-electron chi connectivity index (χ1n) is 5.98. The van der Waals surface area contributed by atoms with E-state index in [1.807, 2.05) is 31.4 Å². The van der Waals surface area contributed by atoms with E-state index >= 15 is 0 Å². The summed E-state index contributed by atoms with van der Waals surface area (Å²) in [7, 11) is 0. The van der Waals surface area contributed by atoms with E-state index in [0.29, 0.717) is 10.8 Å². The number of hydrogen-bond donors (Lipinski definition) is 2. The maximum atomic E-state index is 12.1. The molecule has 0 saturated heterocycles. The Morgan fingerprint density at radius 2 is 2.25 bits per heavy atom. The quantitative estimate of drug-likeness (QED) is 0.778. The second-order valence-electron chi connectivity index (χ2n) is 4.26. The molecule has 0 aliphatic rings. The first kappa shape index (κ1) is 13.0. The summed E-state index contributed by atoms with van der Waals surface area (Å²) in [4.78, 5) is 18.5. The second kappa shape index (κ2) is 5.18. The summed E-state index contributed by atoms with van der Waals surface area (Å²) in [5.41, 5.74) is 2.14. The van der Waals surface area contributed by atoms with Crippen molar-refractivity contribution in [3.8, 4) is 10.6 Å². The summed E-state index contributed by atoms with van der Waals surface area (Å²) in [6.07, 6.45) is 0. The van der Waals surface area contributed by atoms with Gasteiger partial charge < -0.3 is 0 Å². The van der Waals surface area contributed by atoms with Crippen molar-refractivity contribution in [1.29, 1.82) is 0 Å². The third kappa shape index (κ3) is 2.50. The molecule has 0 spiro atoms. The number of carbonyl (C=O) groups is 1. The standard InChI is InChI=1S/C13H12N4OS2/c1-7-8(2)20-13(14-7)15-12(18)10-6-9(16-17-10)11-4-3-5-19-11/h3-6H,1-2H3,(H,16,17)(H,14,15,18). The van der Waals surface area contributed by atoms with Crippen LogP contribution in [0.2, 0.25) is 0 Å². The highest BCUT2D eigenvalue weighted by molar-refractivity contribution is 7.15. The van der Waals surface area contributed by atoms with Crippen LogP contribution in [-0.2, 0) is 0 Å². The Balaban J connectivity index is 1.77. The van der Waals surface area contributed by atoms with E-state index in [0.717, 1.165) is 21.1 Å². The molecule has 20 heavy (non-hydrogen) atoms. The van der Waals surface area contributed by atoms with Crippen molar-refractivity contribution in [2.24, 2.45) is 0 Å². The van der Waals surface area contributed by atoms with Gasteiger partial charge in [0.2, 0.25) is 0 Å². The molecule has 5 nitrogen and oxygen atoms in total. The van der Waals surface area contributed by atoms with Crippen molar-refractivity contribution in [3.05, 3.63) is 39.8 Å². The minimum Gasteiger partial charge on any atom is -0.296 e. The normalized spacial score (nSPS) is 10.7. The van der Waals surface area contributed by atoms with E-state index in [9.17, 15) is 4.79 Å². The van der Waals surface area contributed by atoms with Gasteiger partial charge in [0.15, 0.2) is 10.8 Å². The minimum absolute atomic E-state index is 0.252. The van der Waals surface area contributed by atoms with E-state index in [1.54, 1.807) is 17.4 Å². The number of hydrogen-bond acceptors (Lipinski definition) is 5. The summed E-state index contributed by atoms with van der Waals surface area (Å²) < 4.78 is 0. The fourth-order valence-electron chi connectivity index (χ4n) is 1.68. The SMILES string of the molecule is Cc1nc(NC(=O)c2cc(-c3cccs3)[nH]n2)sc1C. The molecular weight excluding hydrogens is 292 g/mol. The lowest BCUT2D eigenvalue weighted by molar-refractivity contribution is 0.102. The predicted molar refractivity (Wildman–Crippen MR) is 81.4 cm³/mol. The van der Waals surface area contributed by atoms with Crippen molar-refractivity contribution in [2.75, 3.05) is 5.32 Å². The third-order valence-electron chi connectivity index (χ3n) is 2.85. The van der Waals surface area contributed by atoms with E-state index in [2.05, 4.69) is 20.5 Å². The van der Waals surface area contributed by atoms with Crippen LogP contribution in [0.3, 0.4) is 0 Å². The molecule has 0 saturated carbocycles. The molecule has 3 rings (SSSR count). The maximum Gasteiger partial charge on any atom is 0.277 e. The molecule has 102 valence electrons. The number of H-pyrrole nitrogens is 1. The van der Waals surface area contributed by atoms with Crippen molar-refractivity contribution in [1.82, 2.24) is 15.2 Å². The Morgan fingerprint density at radius 1 is 1.40 bits per heavy atom. The molecule has 0 aliphatic heterocycles. The van der Waals surface area contributed by atoms with Crippen LogP contribution in [0, 0.1) is 13.8 Å². The zero-order chi connectivity index (χ0) is 14.1. The van der Waals surface area contributed by atoms with Crippen LogP contribution in [0.1, 0.15) is 21.1 Å². The largest absolute Gasteiger partial charge is 0.296 e. The van der Waals surface area contributed by atoms with E-state index < -0.39 is 0 Å². The van der Waals surface area contributed by atoms with E-state index in [4.69, 9.17) is 0 Å². The molecule has 0 unspecified atom stereocenters. The number of nitrogens with zero attached hydrogens (tertiary/aromatic N) is 2. The summed E-state index contributed by atoms with van der Waals surface area (Å²) in [6.45, 7) is 3.90. The van der Waals surface area contributed by atoms with Crippen molar-refractivity contribution >= 4 is 33.7 Å². The molecule has 0 aliphatic carbocycles. The summed E-state index contributed by atoms with van der Waals surface area (Å²) in [6, 6.07) is 5.68. The van der Waals surface area contributed by atoms with Gasteiger partial charge in [-0.15, -0.1) is 22.7 Å². The molecule has 3 heterocycles. The lowest BCUT2D eigenvalue weighted by Crippen LogP contribution is -2.12. The molecule has 3 aromatic heterocycles. The van der Waals surface area contributed by atoms with Gasteiger partial charge in [-0.2, -0.15) is 5.10 Å². The molecule has 3 aromatic rings. The number of anilines is 1. The number of carbonyl (C=O) groups excluding carboxylic acids is 1. The van der Waals surface area contributed by atoms with Crippen molar-refractivity contribution < 1.29 is 4.79 Å². The van der Waals surface area contributed by atoms with Crippen molar-refractivity contribution in [2.45, 2.75) is 13.8 Å². The number of aromatic amines is 1. The van der Waals surface area contributed by atoms with Gasteiger partial charge in [-0.1, -0.05) is 6.07 Å². The highest BCUT2D eigenvalue weighted by Gasteiger charge is 2.14. The number of thiazole rings is 1. The lowest BCUT2D eigenvalue weighted by Gasteiger charge is -1.96. The molecule has 7 heteroatoms. The monoisotopic (exact) mass is 304 g/mol. The average Bonchev–Trinajstić information content (AvgIpc) is 3.12. The van der Waals surface area contributed by atoms with E-state index in [-0.39, 0.29) is 5.91 Å². The molecule has 2 N–H and O–H groups in total. The summed E-state index contributed by atoms with van der Waals surface area (Å²) in [5, 5.41) is 12.3. The molecule has 0 bridgehead atoms. The Morgan fingerprint density at radius 3 is 2.90 bits per heavy atom. The number of amides is 1. The molecule has 0 fully saturated rings. The van der Waals surface area contributed by atoms with Gasteiger partial charge in [0.05, 0.1) is 16.3 Å². The van der Waals surface area contributed by atoms with Gasteiger partial charge in [-0.25, -0.2) is 4.98 Å². The molecule has 0 aromatic carbocycles. The summed E-state index contributed by atoms with van der Waals surface area (Å²) >= 11 is 3.06. The number of nitrogens with one attached hydrogen (secondary N) is 2. The Bertz CT molecular complexity index is 723. The second-order valence-corrected chi connectivity index (χ2v) is 6.41. The predicted octanol–water partition coefficient (Wildman–Crippen LogP) is 3.46. The number of aryl methyl sites for hydroxylation is 2. The number of thiophene rings is 1. The Hall–Kier alpha value is -1.99. The Kier molecular flexibility index (Phi) is 3.37. The zero-order valence-electron chi connectivity index (χ0n) is 10.9. The van der Waals surface area contributed by atoms with Gasteiger partial charge in [0.25, 0.3) is 5.91 Å². The van der Waals surface area contributed by atoms with E-state index in [1.165, 1.54) is 11.3 Å². The highest BCUT2D eigenvalue weighted by atomic mass is 32.1. The van der Waals surface area contributed by atoms with Gasteiger partial charge in [-0.05, 0) is 31.4 Å². The topological polar surface area (TPSA) is 70.7 Å². The zero-order valence-corrected chi connectivity index (χ0v) is 12.6. The maximum absolute atomic E-state index is 12.1. The van der Waals surface area contributed by atoms with Crippen LogP contribution in [0.4, 0.5) is 5.13 Å². The van der Waals surface area contributed by atoms with Gasteiger partial charge in [0, 0.05) is 4.88 Å². The first-order valence-corrected chi connectivity index (χ1v) is 7.68. The molecular formula is C13H12N4OS2. The molecule has 1 amide bonds. The molecule has 0 radical (unpaired) electrons. The first-order chi connectivity index (χ1) is 9.63. The Labute approximate surface area is 123 Å². The van der Waals surface area contributed by atoms with Crippen LogP contribution in [-0.4, -0.2) is 21.1 Å².